The quantitative estimate of drug-likeness (QED) is 0.907. The highest BCUT2D eigenvalue weighted by Crippen LogP contribution is 2.14. The van der Waals surface area contributed by atoms with Gasteiger partial charge in [-0.15, -0.1) is 0 Å². The average molecular weight is 343 g/mol. The highest BCUT2D eigenvalue weighted by Gasteiger charge is 2.24. The number of aromatic nitrogens is 1. The van der Waals surface area contributed by atoms with E-state index in [2.05, 4.69) is 9.69 Å². The molecule has 2 aromatic rings. The van der Waals surface area contributed by atoms with Crippen molar-refractivity contribution in [3.63, 3.8) is 0 Å². The number of hydrogen-bond acceptors (Lipinski definition) is 4. The van der Waals surface area contributed by atoms with Crippen LogP contribution in [-0.4, -0.2) is 40.2 Å². The molecule has 6 heteroatoms. The van der Waals surface area contributed by atoms with Crippen LogP contribution in [0.2, 0.25) is 0 Å². The molecular formula is C18H21N3O2S. The van der Waals surface area contributed by atoms with Crippen LogP contribution in [0.1, 0.15) is 35.3 Å². The van der Waals surface area contributed by atoms with Crippen molar-refractivity contribution < 1.29 is 9.59 Å². The zero-order valence-corrected chi connectivity index (χ0v) is 14.3. The monoisotopic (exact) mass is 343 g/mol. The first kappa shape index (κ1) is 16.6. The fraction of sp³-hybridized carbons (Fsp3) is 0.389. The normalized spacial score (nSPS) is 15.2. The Labute approximate surface area is 145 Å². The van der Waals surface area contributed by atoms with Crippen LogP contribution in [0.25, 0.3) is 0 Å². The number of aryl methyl sites for hydroxylation is 1. The number of hydrogen-bond donors (Lipinski definition) is 1. The van der Waals surface area contributed by atoms with Crippen LogP contribution < -0.4 is 5.32 Å². The summed E-state index contributed by atoms with van der Waals surface area (Å²) in [7, 11) is 0. The summed E-state index contributed by atoms with van der Waals surface area (Å²) in [5.74, 6) is 0.0771. The maximum atomic E-state index is 12.3. The Hall–Kier alpha value is -2.21. The second kappa shape index (κ2) is 8.06. The standard InChI is InChI=1S/C18H21N3O2S/c22-17(7-6-14-4-2-1-3-5-14)21-11-8-15(9-12-21)19-18(23)16-10-13-24-20-16/h1-5,10,13,15H,6-9,11-12H2,(H,19,23). The molecule has 1 saturated heterocycles. The van der Waals surface area contributed by atoms with Crippen molar-refractivity contribution in [1.82, 2.24) is 14.6 Å². The molecule has 1 aromatic heterocycles. The molecule has 1 N–H and O–H groups in total. The Morgan fingerprint density at radius 1 is 1.17 bits per heavy atom. The first-order chi connectivity index (χ1) is 11.7. The summed E-state index contributed by atoms with van der Waals surface area (Å²) in [5.41, 5.74) is 1.66. The van der Waals surface area contributed by atoms with Crippen molar-refractivity contribution in [2.24, 2.45) is 0 Å². The minimum Gasteiger partial charge on any atom is -0.348 e. The average Bonchev–Trinajstić information content (AvgIpc) is 3.16. The van der Waals surface area contributed by atoms with Gasteiger partial charge in [0.15, 0.2) is 0 Å². The van der Waals surface area contributed by atoms with Crippen molar-refractivity contribution in [3.05, 3.63) is 53.0 Å². The molecule has 3 rings (SSSR count). The Kier molecular flexibility index (Phi) is 5.59. The van der Waals surface area contributed by atoms with Crippen LogP contribution in [-0.2, 0) is 11.2 Å². The molecular weight excluding hydrogens is 322 g/mol. The maximum absolute atomic E-state index is 12.3. The van der Waals surface area contributed by atoms with E-state index in [0.29, 0.717) is 25.2 Å². The SMILES string of the molecule is O=C(NC1CCN(C(=O)CCc2ccccc2)CC1)c1ccsn1. The van der Waals surface area contributed by atoms with E-state index in [1.165, 1.54) is 17.1 Å². The van der Waals surface area contributed by atoms with Crippen molar-refractivity contribution in [2.75, 3.05) is 13.1 Å². The number of carbonyl (C=O) groups is 2. The molecule has 1 aliphatic rings. The summed E-state index contributed by atoms with van der Waals surface area (Å²) in [5, 5.41) is 4.80. The minimum atomic E-state index is -0.120. The highest BCUT2D eigenvalue weighted by molar-refractivity contribution is 7.03. The van der Waals surface area contributed by atoms with Crippen LogP contribution in [0.15, 0.2) is 41.8 Å². The summed E-state index contributed by atoms with van der Waals surface area (Å²) < 4.78 is 4.04. The van der Waals surface area contributed by atoms with Gasteiger partial charge in [0.25, 0.3) is 5.91 Å². The van der Waals surface area contributed by atoms with Crippen molar-refractivity contribution in [2.45, 2.75) is 31.7 Å². The van der Waals surface area contributed by atoms with Gasteiger partial charge in [-0.2, -0.15) is 4.37 Å². The fourth-order valence-corrected chi connectivity index (χ4v) is 3.42. The third kappa shape index (κ3) is 4.41. The lowest BCUT2D eigenvalue weighted by Crippen LogP contribution is -2.46. The van der Waals surface area contributed by atoms with Crippen LogP contribution in [0, 0.1) is 0 Å². The van der Waals surface area contributed by atoms with Gasteiger partial charge < -0.3 is 10.2 Å². The van der Waals surface area contributed by atoms with E-state index >= 15 is 0 Å². The summed E-state index contributed by atoms with van der Waals surface area (Å²) in [4.78, 5) is 26.2. The molecule has 24 heavy (non-hydrogen) atoms. The largest absolute Gasteiger partial charge is 0.348 e. The molecule has 1 aromatic carbocycles. The highest BCUT2D eigenvalue weighted by atomic mass is 32.1. The van der Waals surface area contributed by atoms with Gasteiger partial charge in [-0.05, 0) is 42.4 Å². The number of nitrogens with zero attached hydrogens (tertiary/aromatic N) is 2. The molecule has 1 aliphatic heterocycles. The number of carbonyl (C=O) groups excluding carboxylic acids is 2. The summed E-state index contributed by atoms with van der Waals surface area (Å²) >= 11 is 1.27. The second-order valence-corrected chi connectivity index (χ2v) is 6.66. The van der Waals surface area contributed by atoms with E-state index in [1.54, 1.807) is 11.4 Å². The Balaban J connectivity index is 1.41. The van der Waals surface area contributed by atoms with E-state index in [1.807, 2.05) is 35.2 Å². The molecule has 5 nitrogen and oxygen atoms in total. The number of rotatable bonds is 5. The Morgan fingerprint density at radius 3 is 2.58 bits per heavy atom. The number of amides is 2. The first-order valence-electron chi connectivity index (χ1n) is 8.25. The molecule has 0 spiro atoms. The molecule has 1 fully saturated rings. The van der Waals surface area contributed by atoms with Gasteiger partial charge in [0, 0.05) is 30.9 Å². The van der Waals surface area contributed by atoms with Gasteiger partial charge >= 0.3 is 0 Å². The topological polar surface area (TPSA) is 62.3 Å². The molecule has 0 aliphatic carbocycles. The first-order valence-corrected chi connectivity index (χ1v) is 9.09. The van der Waals surface area contributed by atoms with Crippen LogP contribution in [0.3, 0.4) is 0 Å². The molecule has 0 atom stereocenters. The van der Waals surface area contributed by atoms with E-state index in [9.17, 15) is 9.59 Å². The zero-order valence-electron chi connectivity index (χ0n) is 13.5. The zero-order chi connectivity index (χ0) is 16.8. The van der Waals surface area contributed by atoms with Crippen LogP contribution >= 0.6 is 11.5 Å². The minimum absolute atomic E-state index is 0.120. The van der Waals surface area contributed by atoms with E-state index in [-0.39, 0.29) is 17.9 Å². The summed E-state index contributed by atoms with van der Waals surface area (Å²) in [6.45, 7) is 1.41. The summed E-state index contributed by atoms with van der Waals surface area (Å²) in [6, 6.07) is 11.9. The molecule has 0 unspecified atom stereocenters. The number of piperidine rings is 1. The van der Waals surface area contributed by atoms with Crippen LogP contribution in [0.4, 0.5) is 0 Å². The van der Waals surface area contributed by atoms with Crippen molar-refractivity contribution in [1.29, 1.82) is 0 Å². The smallest absolute Gasteiger partial charge is 0.271 e. The number of benzene rings is 1. The molecule has 126 valence electrons. The number of nitrogens with one attached hydrogen (secondary N) is 1. The lowest BCUT2D eigenvalue weighted by atomic mass is 10.0. The third-order valence-electron chi connectivity index (χ3n) is 4.32. The van der Waals surface area contributed by atoms with Gasteiger partial charge in [0.1, 0.15) is 5.69 Å². The Bertz CT molecular complexity index is 665. The van der Waals surface area contributed by atoms with Crippen molar-refractivity contribution >= 4 is 23.3 Å². The van der Waals surface area contributed by atoms with Gasteiger partial charge in [-0.3, -0.25) is 9.59 Å². The maximum Gasteiger partial charge on any atom is 0.271 e. The van der Waals surface area contributed by atoms with E-state index in [0.717, 1.165) is 19.3 Å². The lowest BCUT2D eigenvalue weighted by molar-refractivity contribution is -0.132. The second-order valence-electron chi connectivity index (χ2n) is 6.00. The third-order valence-corrected chi connectivity index (χ3v) is 4.88. The molecule has 2 heterocycles. The van der Waals surface area contributed by atoms with Gasteiger partial charge in [0.2, 0.25) is 5.91 Å². The Morgan fingerprint density at radius 2 is 1.92 bits per heavy atom. The predicted molar refractivity (Wildman–Crippen MR) is 93.9 cm³/mol. The lowest BCUT2D eigenvalue weighted by Gasteiger charge is -2.32. The van der Waals surface area contributed by atoms with Crippen molar-refractivity contribution in [3.8, 4) is 0 Å². The van der Waals surface area contributed by atoms with Crippen LogP contribution in [0.5, 0.6) is 0 Å². The fourth-order valence-electron chi connectivity index (χ4n) is 2.92. The molecule has 0 bridgehead atoms. The van der Waals surface area contributed by atoms with Gasteiger partial charge in [0.05, 0.1) is 0 Å². The molecule has 0 saturated carbocycles. The van der Waals surface area contributed by atoms with Gasteiger partial charge in [-0.25, -0.2) is 0 Å². The van der Waals surface area contributed by atoms with E-state index in [4.69, 9.17) is 0 Å². The van der Waals surface area contributed by atoms with Gasteiger partial charge in [-0.1, -0.05) is 30.3 Å². The number of likely N-dealkylation sites (tertiary alicyclic amines) is 1. The molecule has 2 amide bonds. The van der Waals surface area contributed by atoms with E-state index < -0.39 is 0 Å². The molecule has 0 radical (unpaired) electrons. The predicted octanol–water partition coefficient (Wildman–Crippen LogP) is 2.50. The summed E-state index contributed by atoms with van der Waals surface area (Å²) in [6.07, 6.45) is 2.92.